The summed E-state index contributed by atoms with van der Waals surface area (Å²) in [5, 5.41) is 3.02. The van der Waals surface area contributed by atoms with Crippen molar-refractivity contribution in [3.63, 3.8) is 0 Å². The van der Waals surface area contributed by atoms with E-state index >= 15 is 0 Å². The Kier molecular flexibility index (Phi) is 7.60. The molecule has 0 radical (unpaired) electrons. The van der Waals surface area contributed by atoms with Crippen LogP contribution in [0.4, 0.5) is 0 Å². The molecule has 0 saturated heterocycles. The van der Waals surface area contributed by atoms with Crippen LogP contribution >= 0.6 is 24.0 Å². The molecular formula is C11H19IN4O. The van der Waals surface area contributed by atoms with Crippen LogP contribution in [0, 0.1) is 0 Å². The van der Waals surface area contributed by atoms with E-state index in [0.717, 1.165) is 5.56 Å². The summed E-state index contributed by atoms with van der Waals surface area (Å²) in [5.74, 6) is 1.02. The number of ether oxygens (including phenoxy) is 1. The predicted octanol–water partition coefficient (Wildman–Crippen LogP) is 1.52. The number of hydrogen-bond donors (Lipinski definition) is 2. The monoisotopic (exact) mass is 350 g/mol. The van der Waals surface area contributed by atoms with E-state index in [1.165, 1.54) is 0 Å². The average molecular weight is 350 g/mol. The summed E-state index contributed by atoms with van der Waals surface area (Å²) in [7, 11) is 1.59. The van der Waals surface area contributed by atoms with Gasteiger partial charge in [-0.25, -0.2) is 9.98 Å². The Morgan fingerprint density at radius 2 is 2.29 bits per heavy atom. The number of aliphatic imine (C=N–C) groups is 1. The Balaban J connectivity index is 0.00000256. The smallest absolute Gasteiger partial charge is 0.218 e. The van der Waals surface area contributed by atoms with Crippen LogP contribution in [-0.2, 0) is 6.54 Å². The van der Waals surface area contributed by atoms with Crippen LogP contribution in [-0.4, -0.2) is 24.1 Å². The first-order valence-corrected chi connectivity index (χ1v) is 5.17. The molecule has 0 aliphatic heterocycles. The maximum absolute atomic E-state index is 5.69. The Labute approximate surface area is 119 Å². The van der Waals surface area contributed by atoms with Crippen molar-refractivity contribution in [1.82, 2.24) is 10.3 Å². The van der Waals surface area contributed by atoms with Crippen LogP contribution in [0.2, 0.25) is 0 Å². The molecule has 1 aromatic rings. The van der Waals surface area contributed by atoms with Gasteiger partial charge in [0.2, 0.25) is 5.88 Å². The standard InChI is InChI=1S/C11H18N4O.HI/c1-8(2)15-11(12)14-7-9-5-4-6-13-10(9)16-3;/h4-6,8H,7H2,1-3H3,(H3,12,14,15);1H. The number of methoxy groups -OCH3 is 1. The molecule has 0 spiro atoms. The highest BCUT2D eigenvalue weighted by Crippen LogP contribution is 2.14. The topological polar surface area (TPSA) is 72.5 Å². The zero-order valence-electron chi connectivity index (χ0n) is 10.3. The lowest BCUT2D eigenvalue weighted by atomic mass is 10.3. The molecule has 0 unspecified atom stereocenters. The average Bonchev–Trinajstić information content (AvgIpc) is 2.26. The molecule has 5 nitrogen and oxygen atoms in total. The molecule has 0 fully saturated rings. The van der Waals surface area contributed by atoms with Gasteiger partial charge in [-0.15, -0.1) is 24.0 Å². The summed E-state index contributed by atoms with van der Waals surface area (Å²) in [6, 6.07) is 4.04. The second kappa shape index (κ2) is 8.10. The Bertz CT molecular complexity index is 368. The van der Waals surface area contributed by atoms with Crippen molar-refractivity contribution in [3.8, 4) is 5.88 Å². The number of pyridine rings is 1. The fourth-order valence-corrected chi connectivity index (χ4v) is 1.24. The van der Waals surface area contributed by atoms with E-state index in [2.05, 4.69) is 15.3 Å². The fourth-order valence-electron chi connectivity index (χ4n) is 1.24. The summed E-state index contributed by atoms with van der Waals surface area (Å²) < 4.78 is 5.12. The van der Waals surface area contributed by atoms with Crippen molar-refractivity contribution < 1.29 is 4.74 Å². The van der Waals surface area contributed by atoms with Gasteiger partial charge in [0, 0.05) is 17.8 Å². The number of halogens is 1. The van der Waals surface area contributed by atoms with Gasteiger partial charge in [-0.05, 0) is 19.9 Å². The SMILES string of the molecule is COc1ncccc1CN=C(N)NC(C)C.I. The van der Waals surface area contributed by atoms with E-state index in [1.54, 1.807) is 13.3 Å². The molecule has 1 rings (SSSR count). The lowest BCUT2D eigenvalue weighted by molar-refractivity contribution is 0.392. The lowest BCUT2D eigenvalue weighted by Crippen LogP contribution is -2.36. The molecule has 0 atom stereocenters. The minimum atomic E-state index is 0. The number of nitrogens with two attached hydrogens (primary N) is 1. The van der Waals surface area contributed by atoms with Crippen LogP contribution in [0.25, 0.3) is 0 Å². The van der Waals surface area contributed by atoms with E-state index in [1.807, 2.05) is 26.0 Å². The molecular weight excluding hydrogens is 331 g/mol. The fraction of sp³-hybridized carbons (Fsp3) is 0.455. The van der Waals surface area contributed by atoms with Gasteiger partial charge >= 0.3 is 0 Å². The number of guanidine groups is 1. The van der Waals surface area contributed by atoms with Crippen LogP contribution in [0.5, 0.6) is 5.88 Å². The molecule has 1 heterocycles. The molecule has 0 aromatic carbocycles. The van der Waals surface area contributed by atoms with Crippen molar-refractivity contribution >= 4 is 29.9 Å². The van der Waals surface area contributed by atoms with E-state index < -0.39 is 0 Å². The van der Waals surface area contributed by atoms with E-state index in [-0.39, 0.29) is 30.0 Å². The van der Waals surface area contributed by atoms with Crippen LogP contribution in [0.15, 0.2) is 23.3 Å². The minimum absolute atomic E-state index is 0. The third-order valence-corrected chi connectivity index (χ3v) is 1.90. The summed E-state index contributed by atoms with van der Waals surface area (Å²) in [6.45, 7) is 4.47. The summed E-state index contributed by atoms with van der Waals surface area (Å²) >= 11 is 0. The first kappa shape index (κ1) is 16.0. The second-order valence-electron chi connectivity index (χ2n) is 3.67. The number of nitrogens with zero attached hydrogens (tertiary/aromatic N) is 2. The van der Waals surface area contributed by atoms with Crippen LogP contribution in [0.3, 0.4) is 0 Å². The first-order chi connectivity index (χ1) is 7.63. The minimum Gasteiger partial charge on any atom is -0.481 e. The van der Waals surface area contributed by atoms with Gasteiger partial charge in [-0.1, -0.05) is 6.07 Å². The first-order valence-electron chi connectivity index (χ1n) is 5.17. The predicted molar refractivity (Wildman–Crippen MR) is 79.8 cm³/mol. The van der Waals surface area contributed by atoms with Gasteiger partial charge in [0.15, 0.2) is 5.96 Å². The molecule has 0 amide bonds. The van der Waals surface area contributed by atoms with E-state index in [0.29, 0.717) is 18.4 Å². The molecule has 0 bridgehead atoms. The quantitative estimate of drug-likeness (QED) is 0.491. The zero-order valence-corrected chi connectivity index (χ0v) is 12.6. The molecule has 0 aliphatic carbocycles. The number of aromatic nitrogens is 1. The number of rotatable bonds is 4. The lowest BCUT2D eigenvalue weighted by Gasteiger charge is -2.09. The molecule has 6 heteroatoms. The van der Waals surface area contributed by atoms with Crippen molar-refractivity contribution in [2.45, 2.75) is 26.4 Å². The Morgan fingerprint density at radius 3 is 2.88 bits per heavy atom. The highest BCUT2D eigenvalue weighted by atomic mass is 127. The largest absolute Gasteiger partial charge is 0.481 e. The van der Waals surface area contributed by atoms with Gasteiger partial charge in [0.05, 0.1) is 13.7 Å². The molecule has 17 heavy (non-hydrogen) atoms. The molecule has 0 saturated carbocycles. The number of nitrogens with one attached hydrogen (secondary N) is 1. The van der Waals surface area contributed by atoms with E-state index in [9.17, 15) is 0 Å². The van der Waals surface area contributed by atoms with E-state index in [4.69, 9.17) is 10.5 Å². The van der Waals surface area contributed by atoms with Crippen LogP contribution < -0.4 is 15.8 Å². The maximum Gasteiger partial charge on any atom is 0.218 e. The summed E-state index contributed by atoms with van der Waals surface area (Å²) in [4.78, 5) is 8.29. The molecule has 3 N–H and O–H groups in total. The highest BCUT2D eigenvalue weighted by molar-refractivity contribution is 14.0. The Morgan fingerprint density at radius 1 is 1.59 bits per heavy atom. The number of hydrogen-bond acceptors (Lipinski definition) is 3. The Hall–Kier alpha value is -1.05. The van der Waals surface area contributed by atoms with Gasteiger partial charge in [0.1, 0.15) is 0 Å². The van der Waals surface area contributed by atoms with Gasteiger partial charge < -0.3 is 15.8 Å². The zero-order chi connectivity index (χ0) is 12.0. The second-order valence-corrected chi connectivity index (χ2v) is 3.67. The van der Waals surface area contributed by atoms with Crippen molar-refractivity contribution in [1.29, 1.82) is 0 Å². The third kappa shape index (κ3) is 5.71. The normalized spacial score (nSPS) is 10.9. The van der Waals surface area contributed by atoms with Gasteiger partial charge in [0.25, 0.3) is 0 Å². The van der Waals surface area contributed by atoms with Gasteiger partial charge in [-0.2, -0.15) is 0 Å². The third-order valence-electron chi connectivity index (χ3n) is 1.90. The summed E-state index contributed by atoms with van der Waals surface area (Å²) in [6.07, 6.45) is 1.68. The maximum atomic E-state index is 5.69. The van der Waals surface area contributed by atoms with Crippen molar-refractivity contribution in [2.75, 3.05) is 7.11 Å². The molecule has 0 aliphatic rings. The molecule has 96 valence electrons. The van der Waals surface area contributed by atoms with Crippen molar-refractivity contribution in [2.24, 2.45) is 10.7 Å². The van der Waals surface area contributed by atoms with Crippen LogP contribution in [0.1, 0.15) is 19.4 Å². The van der Waals surface area contributed by atoms with Gasteiger partial charge in [-0.3, -0.25) is 0 Å². The molecule has 1 aromatic heterocycles. The highest BCUT2D eigenvalue weighted by Gasteiger charge is 2.02. The van der Waals surface area contributed by atoms with Crippen molar-refractivity contribution in [3.05, 3.63) is 23.9 Å². The summed E-state index contributed by atoms with van der Waals surface area (Å²) in [5.41, 5.74) is 6.61.